The molecule has 0 saturated carbocycles. The molecule has 0 aromatic heterocycles. The molecule has 0 unspecified atom stereocenters. The van der Waals surface area contributed by atoms with Gasteiger partial charge in [0.2, 0.25) is 5.91 Å². The Hall–Kier alpha value is -2.79. The van der Waals surface area contributed by atoms with Crippen LogP contribution in [-0.4, -0.2) is 26.0 Å². The van der Waals surface area contributed by atoms with Crippen LogP contribution in [0.5, 0.6) is 5.75 Å². The fourth-order valence-corrected chi connectivity index (χ4v) is 2.36. The predicted octanol–water partition coefficient (Wildman–Crippen LogP) is 3.75. The third-order valence-corrected chi connectivity index (χ3v) is 3.74. The Morgan fingerprint density at radius 1 is 1.21 bits per heavy atom. The number of halogens is 1. The van der Waals surface area contributed by atoms with Crippen LogP contribution in [0.3, 0.4) is 0 Å². The van der Waals surface area contributed by atoms with Gasteiger partial charge in [0, 0.05) is 18.3 Å². The van der Waals surface area contributed by atoms with E-state index in [0.717, 1.165) is 0 Å². The first-order chi connectivity index (χ1) is 11.5. The van der Waals surface area contributed by atoms with Crippen molar-refractivity contribution in [3.8, 4) is 5.75 Å². The van der Waals surface area contributed by atoms with Crippen LogP contribution in [0.25, 0.3) is 0 Å². The van der Waals surface area contributed by atoms with Gasteiger partial charge in [-0.1, -0.05) is 24.2 Å². The Morgan fingerprint density at radius 2 is 1.88 bits per heavy atom. The molecule has 2 amide bonds. The number of likely N-dealkylation sites (N-methyl/N-ethyl adjacent to an activating group) is 1. The van der Waals surface area contributed by atoms with E-state index >= 15 is 0 Å². The third-order valence-electron chi connectivity index (χ3n) is 3.44. The van der Waals surface area contributed by atoms with Crippen molar-refractivity contribution in [1.82, 2.24) is 0 Å². The van der Waals surface area contributed by atoms with Crippen molar-refractivity contribution < 1.29 is 14.3 Å². The second kappa shape index (κ2) is 7.66. The van der Waals surface area contributed by atoms with Gasteiger partial charge >= 0.3 is 0 Å². The smallest absolute Gasteiger partial charge is 0.255 e. The third kappa shape index (κ3) is 3.75. The number of ether oxygens (including phenoxy) is 1. The Morgan fingerprint density at radius 3 is 2.46 bits per heavy atom. The molecule has 1 N–H and O–H groups in total. The lowest BCUT2D eigenvalue weighted by Crippen LogP contribution is -2.23. The number of hydrogen-bond donors (Lipinski definition) is 1. The summed E-state index contributed by atoms with van der Waals surface area (Å²) in [4.78, 5) is 25.4. The Kier molecular flexibility index (Phi) is 5.60. The van der Waals surface area contributed by atoms with E-state index in [4.69, 9.17) is 16.3 Å². The lowest BCUT2D eigenvalue weighted by Gasteiger charge is -2.15. The van der Waals surface area contributed by atoms with Crippen molar-refractivity contribution >= 4 is 34.8 Å². The molecule has 0 aliphatic heterocycles. The predicted molar refractivity (Wildman–Crippen MR) is 96.0 cm³/mol. The first-order valence-electron chi connectivity index (χ1n) is 7.12. The summed E-state index contributed by atoms with van der Waals surface area (Å²) < 4.78 is 5.20. The molecule has 6 heteroatoms. The highest BCUT2D eigenvalue weighted by molar-refractivity contribution is 6.32. The normalized spacial score (nSPS) is 9.96. The number of benzene rings is 2. The first kappa shape index (κ1) is 17.6. The van der Waals surface area contributed by atoms with Gasteiger partial charge in [-0.15, -0.1) is 0 Å². The van der Waals surface area contributed by atoms with E-state index in [1.54, 1.807) is 49.5 Å². The molecule has 0 spiro atoms. The van der Waals surface area contributed by atoms with E-state index in [2.05, 4.69) is 11.9 Å². The van der Waals surface area contributed by atoms with Gasteiger partial charge in [0.25, 0.3) is 5.91 Å². The maximum Gasteiger partial charge on any atom is 0.255 e. The molecule has 0 aliphatic carbocycles. The minimum absolute atomic E-state index is 0.226. The largest absolute Gasteiger partial charge is 0.493 e. The average molecular weight is 345 g/mol. The minimum Gasteiger partial charge on any atom is -0.493 e. The molecule has 5 nitrogen and oxygen atoms in total. The molecule has 0 aliphatic rings. The summed E-state index contributed by atoms with van der Waals surface area (Å²) in [5.74, 6) is -0.129. The number of anilines is 2. The van der Waals surface area contributed by atoms with Crippen molar-refractivity contribution in [3.63, 3.8) is 0 Å². The molecule has 0 heterocycles. The first-order valence-corrected chi connectivity index (χ1v) is 7.49. The van der Waals surface area contributed by atoms with E-state index in [9.17, 15) is 9.59 Å². The van der Waals surface area contributed by atoms with Crippen LogP contribution in [0, 0.1) is 0 Å². The maximum absolute atomic E-state index is 12.4. The number of hydrogen-bond acceptors (Lipinski definition) is 3. The van der Waals surface area contributed by atoms with E-state index in [0.29, 0.717) is 27.7 Å². The van der Waals surface area contributed by atoms with Crippen LogP contribution < -0.4 is 15.0 Å². The highest BCUT2D eigenvalue weighted by Gasteiger charge is 2.13. The Balaban J connectivity index is 2.18. The van der Waals surface area contributed by atoms with Gasteiger partial charge in [-0.2, -0.15) is 0 Å². The van der Waals surface area contributed by atoms with Gasteiger partial charge < -0.3 is 15.0 Å². The summed E-state index contributed by atoms with van der Waals surface area (Å²) in [5, 5.41) is 3.17. The summed E-state index contributed by atoms with van der Waals surface area (Å²) in [7, 11) is 3.12. The van der Waals surface area contributed by atoms with Crippen LogP contribution in [0.2, 0.25) is 5.02 Å². The number of amides is 2. The van der Waals surface area contributed by atoms with Gasteiger partial charge in [0.15, 0.2) is 5.75 Å². The highest BCUT2D eigenvalue weighted by atomic mass is 35.5. The summed E-state index contributed by atoms with van der Waals surface area (Å²) in [6, 6.07) is 11.7. The van der Waals surface area contributed by atoms with Gasteiger partial charge in [-0.25, -0.2) is 0 Å². The van der Waals surface area contributed by atoms with Crippen molar-refractivity contribution in [2.24, 2.45) is 0 Å². The van der Waals surface area contributed by atoms with Crippen molar-refractivity contribution in [1.29, 1.82) is 0 Å². The fourth-order valence-electron chi connectivity index (χ4n) is 2.11. The zero-order valence-electron chi connectivity index (χ0n) is 13.4. The molecule has 0 fully saturated rings. The number of rotatable bonds is 5. The molecule has 2 rings (SSSR count). The van der Waals surface area contributed by atoms with Crippen LogP contribution in [0.1, 0.15) is 10.4 Å². The zero-order valence-corrected chi connectivity index (χ0v) is 14.1. The Labute approximate surface area is 145 Å². The minimum atomic E-state index is -0.306. The highest BCUT2D eigenvalue weighted by Crippen LogP contribution is 2.32. The summed E-state index contributed by atoms with van der Waals surface area (Å²) in [6.07, 6.45) is 1.23. The summed E-state index contributed by atoms with van der Waals surface area (Å²) in [6.45, 7) is 3.45. The maximum atomic E-state index is 12.4. The van der Waals surface area contributed by atoms with Crippen molar-refractivity contribution in [3.05, 3.63) is 65.7 Å². The van der Waals surface area contributed by atoms with Crippen molar-refractivity contribution in [2.75, 3.05) is 24.4 Å². The molecule has 0 radical (unpaired) electrons. The van der Waals surface area contributed by atoms with Gasteiger partial charge in [0.05, 0.1) is 17.8 Å². The molecule has 124 valence electrons. The number of nitrogens with zero attached hydrogens (tertiary/aromatic N) is 1. The molecule has 0 atom stereocenters. The van der Waals surface area contributed by atoms with E-state index in [-0.39, 0.29) is 11.8 Å². The van der Waals surface area contributed by atoms with E-state index in [1.165, 1.54) is 18.1 Å². The number of para-hydroxylation sites is 1. The van der Waals surface area contributed by atoms with Gasteiger partial charge in [-0.05, 0) is 42.5 Å². The molecule has 2 aromatic carbocycles. The molecular weight excluding hydrogens is 328 g/mol. The monoisotopic (exact) mass is 344 g/mol. The molecule has 0 bridgehead atoms. The van der Waals surface area contributed by atoms with Crippen LogP contribution in [-0.2, 0) is 4.79 Å². The topological polar surface area (TPSA) is 58.6 Å². The lowest BCUT2D eigenvalue weighted by atomic mass is 10.1. The van der Waals surface area contributed by atoms with Crippen LogP contribution in [0.4, 0.5) is 11.4 Å². The SMILES string of the molecule is C=CC(=O)N(C)c1ccc(C(=O)Nc2cccc(Cl)c2OC)cc1. The number of carbonyl (C=O) groups is 2. The van der Waals surface area contributed by atoms with Gasteiger partial charge in [-0.3, -0.25) is 9.59 Å². The van der Waals surface area contributed by atoms with Crippen LogP contribution in [0.15, 0.2) is 55.1 Å². The second-order valence-corrected chi connectivity index (χ2v) is 5.33. The average Bonchev–Trinajstić information content (AvgIpc) is 2.60. The second-order valence-electron chi connectivity index (χ2n) is 4.92. The lowest BCUT2D eigenvalue weighted by molar-refractivity contribution is -0.113. The van der Waals surface area contributed by atoms with Crippen molar-refractivity contribution in [2.45, 2.75) is 0 Å². The van der Waals surface area contributed by atoms with Gasteiger partial charge in [0.1, 0.15) is 0 Å². The zero-order chi connectivity index (χ0) is 17.7. The van der Waals surface area contributed by atoms with E-state index in [1.807, 2.05) is 0 Å². The number of carbonyl (C=O) groups excluding carboxylic acids is 2. The van der Waals surface area contributed by atoms with E-state index < -0.39 is 0 Å². The molecule has 0 saturated heterocycles. The molecular formula is C18H17ClN2O3. The fraction of sp³-hybridized carbons (Fsp3) is 0.111. The molecule has 2 aromatic rings. The quantitative estimate of drug-likeness (QED) is 0.840. The number of methoxy groups -OCH3 is 1. The summed E-state index contributed by atoms with van der Waals surface area (Å²) >= 11 is 6.04. The molecule has 24 heavy (non-hydrogen) atoms. The standard InChI is InChI=1S/C18H17ClN2O3/c1-4-16(22)21(2)13-10-8-12(9-11-13)18(23)20-15-7-5-6-14(19)17(15)24-3/h4-11H,1H2,2-3H3,(H,20,23). The van der Waals surface area contributed by atoms with Crippen LogP contribution >= 0.6 is 11.6 Å². The summed E-state index contributed by atoms with van der Waals surface area (Å²) in [5.41, 5.74) is 1.59. The number of nitrogens with one attached hydrogen (secondary N) is 1. The Bertz CT molecular complexity index is 772.